The van der Waals surface area contributed by atoms with Gasteiger partial charge in [0, 0.05) is 0 Å². The number of hydrogen-bond donors (Lipinski definition) is 0. The third-order valence-corrected chi connectivity index (χ3v) is 11.7. The van der Waals surface area contributed by atoms with Gasteiger partial charge in [0.1, 0.15) is 5.69 Å². The van der Waals surface area contributed by atoms with Crippen molar-refractivity contribution < 1.29 is 0 Å². The molecule has 1 aromatic carbocycles. The molecule has 0 spiro atoms. The Hall–Kier alpha value is -1.47. The molecule has 2 rings (SSSR count). The van der Waals surface area contributed by atoms with Gasteiger partial charge in [-0.25, -0.2) is 4.68 Å². The number of rotatable bonds is 5. The van der Waals surface area contributed by atoms with Gasteiger partial charge in [-0.2, -0.15) is 0 Å². The van der Waals surface area contributed by atoms with Gasteiger partial charge in [0.15, 0.2) is 0 Å². The Balaban J connectivity index is 2.25. The molecule has 0 aliphatic heterocycles. The van der Waals surface area contributed by atoms with Gasteiger partial charge in [-0.05, 0) is 11.6 Å². The lowest BCUT2D eigenvalue weighted by atomic mass is 10.2. The summed E-state index contributed by atoms with van der Waals surface area (Å²) >= 11 is 0. The van der Waals surface area contributed by atoms with Crippen LogP contribution in [0.25, 0.3) is 6.08 Å². The zero-order chi connectivity index (χ0) is 16.4. The summed E-state index contributed by atoms with van der Waals surface area (Å²) in [6.45, 7) is 15.3. The molecule has 1 heterocycles. The van der Waals surface area contributed by atoms with Crippen molar-refractivity contribution in [3.63, 3.8) is 0 Å². The second kappa shape index (κ2) is 6.34. The normalized spacial score (nSPS) is 12.3. The predicted octanol–water partition coefficient (Wildman–Crippen LogP) is 4.46. The second-order valence-electron chi connectivity index (χ2n) is 7.88. The molecule has 118 valence electrons. The molecule has 0 saturated carbocycles. The molecule has 22 heavy (non-hydrogen) atoms. The van der Waals surface area contributed by atoms with Crippen LogP contribution in [-0.4, -0.2) is 31.1 Å². The van der Waals surface area contributed by atoms with Crippen LogP contribution in [0.3, 0.4) is 0 Å². The number of benzene rings is 1. The Morgan fingerprint density at radius 2 is 1.59 bits per heavy atom. The third kappa shape index (κ3) is 4.51. The van der Waals surface area contributed by atoms with Crippen LogP contribution in [0.5, 0.6) is 0 Å². The van der Waals surface area contributed by atoms with E-state index in [-0.39, 0.29) is 0 Å². The maximum Gasteiger partial charge on any atom is 0.105 e. The first-order valence-electron chi connectivity index (χ1n) is 7.83. The predicted molar refractivity (Wildman–Crippen MR) is 100 cm³/mol. The summed E-state index contributed by atoms with van der Waals surface area (Å²) in [5.74, 6) is 0. The van der Waals surface area contributed by atoms with Crippen molar-refractivity contribution in [1.29, 1.82) is 0 Å². The van der Waals surface area contributed by atoms with Crippen LogP contribution in [0.4, 0.5) is 0 Å². The van der Waals surface area contributed by atoms with Crippen LogP contribution in [0.1, 0.15) is 11.3 Å². The summed E-state index contributed by atoms with van der Waals surface area (Å²) in [7, 11) is -2.65. The molecule has 0 radical (unpaired) electrons. The van der Waals surface area contributed by atoms with E-state index in [1.807, 2.05) is 10.7 Å². The Kier molecular flexibility index (Phi) is 4.87. The third-order valence-electron chi connectivity index (χ3n) is 3.65. The molecule has 1 aromatic heterocycles. The highest BCUT2D eigenvalue weighted by molar-refractivity contribution is 7.05. The molecule has 0 N–H and O–H groups in total. The van der Waals surface area contributed by atoms with Gasteiger partial charge < -0.3 is 0 Å². The zero-order valence-electron chi connectivity index (χ0n) is 14.6. The van der Waals surface area contributed by atoms with Gasteiger partial charge in [-0.3, -0.25) is 0 Å². The van der Waals surface area contributed by atoms with Crippen molar-refractivity contribution in [2.24, 2.45) is 0 Å². The smallest absolute Gasteiger partial charge is 0.105 e. The minimum absolute atomic E-state index is 0.775. The average molecular weight is 330 g/mol. The lowest BCUT2D eigenvalue weighted by Crippen LogP contribution is -2.39. The Morgan fingerprint density at radius 3 is 2.14 bits per heavy atom. The number of nitrogens with zero attached hydrogens (tertiary/aromatic N) is 3. The molecule has 0 aliphatic rings. The van der Waals surface area contributed by atoms with Crippen LogP contribution in [0.2, 0.25) is 39.3 Å². The molecular weight excluding hydrogens is 302 g/mol. The van der Waals surface area contributed by atoms with Gasteiger partial charge in [0.05, 0.1) is 28.9 Å². The number of aromatic nitrogens is 3. The molecule has 3 nitrogen and oxygen atoms in total. The Labute approximate surface area is 136 Å². The van der Waals surface area contributed by atoms with E-state index in [1.165, 1.54) is 5.56 Å². The first-order chi connectivity index (χ1) is 10.2. The molecule has 0 saturated heterocycles. The van der Waals surface area contributed by atoms with Crippen molar-refractivity contribution in [1.82, 2.24) is 15.0 Å². The van der Waals surface area contributed by atoms with E-state index in [0.29, 0.717) is 0 Å². The van der Waals surface area contributed by atoms with Crippen molar-refractivity contribution in [2.45, 2.75) is 45.8 Å². The average Bonchev–Trinajstić information content (AvgIpc) is 2.82. The fourth-order valence-corrected chi connectivity index (χ4v) is 13.1. The molecule has 0 amide bonds. The SMILES string of the molecule is C[Si](C)(C)C(=Cc1cn(Cc2ccccc2)nn1)[Si](C)(C)C. The highest BCUT2D eigenvalue weighted by Crippen LogP contribution is 2.27. The van der Waals surface area contributed by atoms with E-state index in [2.05, 4.69) is 86.1 Å². The van der Waals surface area contributed by atoms with Gasteiger partial charge in [0.25, 0.3) is 0 Å². The van der Waals surface area contributed by atoms with Gasteiger partial charge in [-0.15, -0.1) is 5.10 Å². The highest BCUT2D eigenvalue weighted by Gasteiger charge is 2.30. The van der Waals surface area contributed by atoms with E-state index in [4.69, 9.17) is 0 Å². The first-order valence-corrected chi connectivity index (χ1v) is 14.8. The molecule has 0 unspecified atom stereocenters. The fourth-order valence-electron chi connectivity index (χ4n) is 2.93. The second-order valence-corrected chi connectivity index (χ2v) is 18.5. The summed E-state index contributed by atoms with van der Waals surface area (Å²) < 4.78 is 1.92. The highest BCUT2D eigenvalue weighted by atomic mass is 28.4. The Morgan fingerprint density at radius 1 is 1.00 bits per heavy atom. The van der Waals surface area contributed by atoms with Crippen molar-refractivity contribution in [3.8, 4) is 0 Å². The summed E-state index contributed by atoms with van der Waals surface area (Å²) in [5, 5.41) is 8.64. The molecule has 5 heteroatoms. The minimum atomic E-state index is -1.32. The first kappa shape index (κ1) is 16.9. The van der Waals surface area contributed by atoms with E-state index >= 15 is 0 Å². The van der Waals surface area contributed by atoms with E-state index in [9.17, 15) is 0 Å². The molecule has 0 atom stereocenters. The molecule has 2 aromatic rings. The lowest BCUT2D eigenvalue weighted by Gasteiger charge is -2.31. The summed E-state index contributed by atoms with van der Waals surface area (Å²) in [6, 6.07) is 10.4. The molecule has 0 aliphatic carbocycles. The van der Waals surface area contributed by atoms with E-state index in [1.54, 1.807) is 4.82 Å². The van der Waals surface area contributed by atoms with Gasteiger partial charge in [0.2, 0.25) is 0 Å². The standard InChI is InChI=1S/C17H27N3Si2/c1-21(2,3)17(22(4,5)6)12-16-14-20(19-18-16)13-15-10-8-7-9-11-15/h7-12,14H,13H2,1-6H3. The van der Waals surface area contributed by atoms with Gasteiger partial charge >= 0.3 is 0 Å². The van der Waals surface area contributed by atoms with E-state index < -0.39 is 16.1 Å². The largest absolute Gasteiger partial charge is 0.248 e. The number of hydrogen-bond acceptors (Lipinski definition) is 2. The van der Waals surface area contributed by atoms with Crippen LogP contribution < -0.4 is 0 Å². The summed E-state index contributed by atoms with van der Waals surface area (Å²) in [6.07, 6.45) is 4.38. The maximum absolute atomic E-state index is 4.36. The van der Waals surface area contributed by atoms with Crippen molar-refractivity contribution in [2.75, 3.05) is 0 Å². The Bertz CT molecular complexity index is 631. The monoisotopic (exact) mass is 329 g/mol. The summed E-state index contributed by atoms with van der Waals surface area (Å²) in [5.41, 5.74) is 2.24. The van der Waals surface area contributed by atoms with Crippen LogP contribution in [0.15, 0.2) is 41.3 Å². The van der Waals surface area contributed by atoms with Crippen molar-refractivity contribution in [3.05, 3.63) is 52.6 Å². The van der Waals surface area contributed by atoms with Crippen LogP contribution in [0, 0.1) is 0 Å². The quantitative estimate of drug-likeness (QED) is 0.758. The maximum atomic E-state index is 4.36. The molecule has 0 bridgehead atoms. The molecular formula is C17H27N3Si2. The van der Waals surface area contributed by atoms with Crippen molar-refractivity contribution >= 4 is 22.2 Å². The topological polar surface area (TPSA) is 30.7 Å². The zero-order valence-corrected chi connectivity index (χ0v) is 16.6. The minimum Gasteiger partial charge on any atom is -0.248 e. The fraction of sp³-hybridized carbons (Fsp3) is 0.412. The van der Waals surface area contributed by atoms with Crippen LogP contribution >= 0.6 is 0 Å². The molecule has 0 fully saturated rings. The summed E-state index contributed by atoms with van der Waals surface area (Å²) in [4.78, 5) is 1.66. The van der Waals surface area contributed by atoms with Crippen LogP contribution in [-0.2, 0) is 6.54 Å². The lowest BCUT2D eigenvalue weighted by molar-refractivity contribution is 0.649. The van der Waals surface area contributed by atoms with Gasteiger partial charge in [-0.1, -0.05) is 79.6 Å². The van der Waals surface area contributed by atoms with E-state index in [0.717, 1.165) is 12.2 Å².